The van der Waals surface area contributed by atoms with Crippen LogP contribution in [0.1, 0.15) is 49.7 Å². The minimum Gasteiger partial charge on any atom is -0.356 e. The predicted octanol–water partition coefficient (Wildman–Crippen LogP) is 2.55. The zero-order valence-electron chi connectivity index (χ0n) is 15.9. The lowest BCUT2D eigenvalue weighted by Crippen LogP contribution is -2.49. The molecule has 0 bridgehead atoms. The van der Waals surface area contributed by atoms with Gasteiger partial charge in [0, 0.05) is 25.0 Å². The highest BCUT2D eigenvalue weighted by Crippen LogP contribution is 2.40. The van der Waals surface area contributed by atoms with Gasteiger partial charge in [0.1, 0.15) is 0 Å². The van der Waals surface area contributed by atoms with Gasteiger partial charge in [0.05, 0.1) is 11.5 Å². The lowest BCUT2D eigenvalue weighted by molar-refractivity contribution is 0.290. The third-order valence-corrected chi connectivity index (χ3v) is 7.69. The number of nitrogens with one attached hydrogen (secondary N) is 2. The Morgan fingerprint density at radius 3 is 2.58 bits per heavy atom. The van der Waals surface area contributed by atoms with Gasteiger partial charge in [-0.05, 0) is 37.3 Å². The molecular weight excluding hydrogens is 346 g/mol. The molecule has 1 heterocycles. The summed E-state index contributed by atoms with van der Waals surface area (Å²) in [6, 6.07) is 8.66. The average Bonchev–Trinajstić information content (AvgIpc) is 2.98. The van der Waals surface area contributed by atoms with Crippen LogP contribution in [-0.2, 0) is 15.3 Å². The first-order chi connectivity index (χ1) is 12.4. The molecular formula is C20H31N3O2S. The van der Waals surface area contributed by atoms with Crippen LogP contribution in [0.4, 0.5) is 0 Å². The number of aryl methyl sites for hydroxylation is 1. The van der Waals surface area contributed by atoms with E-state index in [2.05, 4.69) is 46.8 Å². The van der Waals surface area contributed by atoms with Gasteiger partial charge in [0.2, 0.25) is 0 Å². The topological polar surface area (TPSA) is 70.6 Å². The second-order valence-corrected chi connectivity index (χ2v) is 10.1. The van der Waals surface area contributed by atoms with Crippen LogP contribution in [0.25, 0.3) is 0 Å². The summed E-state index contributed by atoms with van der Waals surface area (Å²) >= 11 is 0. The summed E-state index contributed by atoms with van der Waals surface area (Å²) < 4.78 is 23.4. The maximum atomic E-state index is 11.7. The van der Waals surface area contributed by atoms with E-state index in [0.29, 0.717) is 12.4 Å². The fourth-order valence-electron chi connectivity index (χ4n) is 4.49. The Bertz CT molecular complexity index is 752. The molecule has 1 aliphatic carbocycles. The SMILES string of the molecule is CN=C(NCC1(c2ccccc2C)CCCCC1)NC1CCS(=O)(=O)C1. The molecule has 1 aromatic carbocycles. The Kier molecular flexibility index (Phi) is 5.90. The van der Waals surface area contributed by atoms with Crippen molar-refractivity contribution in [1.82, 2.24) is 10.6 Å². The van der Waals surface area contributed by atoms with Crippen LogP contribution in [0, 0.1) is 6.92 Å². The van der Waals surface area contributed by atoms with E-state index in [4.69, 9.17) is 0 Å². The molecule has 0 radical (unpaired) electrons. The Morgan fingerprint density at radius 2 is 1.96 bits per heavy atom. The van der Waals surface area contributed by atoms with Crippen LogP contribution in [0.3, 0.4) is 0 Å². The molecule has 2 aliphatic rings. The first kappa shape index (κ1) is 19.2. The third kappa shape index (κ3) is 4.40. The lowest BCUT2D eigenvalue weighted by atomic mass is 9.68. The largest absolute Gasteiger partial charge is 0.356 e. The molecule has 26 heavy (non-hydrogen) atoms. The van der Waals surface area contributed by atoms with Crippen molar-refractivity contribution < 1.29 is 8.42 Å². The Hall–Kier alpha value is -1.56. The fraction of sp³-hybridized carbons (Fsp3) is 0.650. The van der Waals surface area contributed by atoms with Crippen LogP contribution in [0.15, 0.2) is 29.3 Å². The van der Waals surface area contributed by atoms with Crippen molar-refractivity contribution in [2.45, 2.75) is 56.9 Å². The number of hydrogen-bond donors (Lipinski definition) is 2. The van der Waals surface area contributed by atoms with Crippen LogP contribution in [-0.4, -0.2) is 45.5 Å². The van der Waals surface area contributed by atoms with E-state index in [1.54, 1.807) is 7.05 Å². The quantitative estimate of drug-likeness (QED) is 0.625. The second-order valence-electron chi connectivity index (χ2n) is 7.83. The normalized spacial score (nSPS) is 25.0. The van der Waals surface area contributed by atoms with E-state index in [1.165, 1.54) is 43.2 Å². The molecule has 3 rings (SSSR count). The van der Waals surface area contributed by atoms with Gasteiger partial charge in [0.25, 0.3) is 0 Å². The summed E-state index contributed by atoms with van der Waals surface area (Å²) in [6.07, 6.45) is 6.83. The smallest absolute Gasteiger partial charge is 0.191 e. The van der Waals surface area contributed by atoms with E-state index in [0.717, 1.165) is 6.54 Å². The molecule has 2 fully saturated rings. The summed E-state index contributed by atoms with van der Waals surface area (Å²) in [6.45, 7) is 3.03. The summed E-state index contributed by atoms with van der Waals surface area (Å²) in [5.41, 5.74) is 2.91. The number of rotatable bonds is 4. The number of hydrogen-bond acceptors (Lipinski definition) is 3. The van der Waals surface area contributed by atoms with E-state index in [-0.39, 0.29) is 23.0 Å². The summed E-state index contributed by atoms with van der Waals surface area (Å²) in [5.74, 6) is 1.19. The fourth-order valence-corrected chi connectivity index (χ4v) is 6.16. The first-order valence-electron chi connectivity index (χ1n) is 9.68. The molecule has 1 unspecified atom stereocenters. The molecule has 1 atom stereocenters. The molecule has 6 heteroatoms. The van der Waals surface area contributed by atoms with E-state index in [1.807, 2.05) is 0 Å². The molecule has 1 aliphatic heterocycles. The minimum absolute atomic E-state index is 0.0352. The van der Waals surface area contributed by atoms with Crippen LogP contribution in [0.5, 0.6) is 0 Å². The van der Waals surface area contributed by atoms with Crippen LogP contribution in [0.2, 0.25) is 0 Å². The molecule has 1 saturated carbocycles. The molecule has 1 aromatic rings. The zero-order valence-corrected chi connectivity index (χ0v) is 16.7. The summed E-state index contributed by atoms with van der Waals surface area (Å²) in [4.78, 5) is 4.33. The molecule has 0 amide bonds. The summed E-state index contributed by atoms with van der Waals surface area (Å²) in [7, 11) is -1.14. The van der Waals surface area contributed by atoms with Crippen molar-refractivity contribution in [3.8, 4) is 0 Å². The number of aliphatic imine (C=N–C) groups is 1. The number of benzene rings is 1. The van der Waals surface area contributed by atoms with Gasteiger partial charge in [-0.25, -0.2) is 8.42 Å². The van der Waals surface area contributed by atoms with Crippen molar-refractivity contribution in [3.63, 3.8) is 0 Å². The monoisotopic (exact) mass is 377 g/mol. The second kappa shape index (κ2) is 7.99. The van der Waals surface area contributed by atoms with E-state index in [9.17, 15) is 8.42 Å². The number of sulfone groups is 1. The molecule has 5 nitrogen and oxygen atoms in total. The average molecular weight is 378 g/mol. The molecule has 0 spiro atoms. The van der Waals surface area contributed by atoms with Crippen molar-refractivity contribution in [1.29, 1.82) is 0 Å². The Morgan fingerprint density at radius 1 is 1.23 bits per heavy atom. The van der Waals surface area contributed by atoms with Gasteiger partial charge in [-0.3, -0.25) is 4.99 Å². The summed E-state index contributed by atoms with van der Waals surface area (Å²) in [5, 5.41) is 6.81. The van der Waals surface area contributed by atoms with Gasteiger partial charge in [-0.15, -0.1) is 0 Å². The highest BCUT2D eigenvalue weighted by atomic mass is 32.2. The zero-order chi connectivity index (χ0) is 18.6. The maximum Gasteiger partial charge on any atom is 0.191 e. The minimum atomic E-state index is -2.89. The highest BCUT2D eigenvalue weighted by Gasteiger charge is 2.35. The van der Waals surface area contributed by atoms with Gasteiger partial charge in [-0.1, -0.05) is 43.5 Å². The van der Waals surface area contributed by atoms with Gasteiger partial charge < -0.3 is 10.6 Å². The Labute approximate surface area is 157 Å². The molecule has 1 saturated heterocycles. The van der Waals surface area contributed by atoms with E-state index < -0.39 is 9.84 Å². The first-order valence-corrected chi connectivity index (χ1v) is 11.5. The Balaban J connectivity index is 1.70. The van der Waals surface area contributed by atoms with Crippen LogP contribution < -0.4 is 10.6 Å². The number of guanidine groups is 1. The van der Waals surface area contributed by atoms with Crippen molar-refractivity contribution >= 4 is 15.8 Å². The standard InChI is InChI=1S/C20H31N3O2S/c1-16-8-4-5-9-18(16)20(11-6-3-7-12-20)15-22-19(21-2)23-17-10-13-26(24,25)14-17/h4-5,8-9,17H,3,6-7,10-15H2,1-2H3,(H2,21,22,23). The van der Waals surface area contributed by atoms with Crippen molar-refractivity contribution in [3.05, 3.63) is 35.4 Å². The van der Waals surface area contributed by atoms with Crippen molar-refractivity contribution in [2.75, 3.05) is 25.1 Å². The van der Waals surface area contributed by atoms with Gasteiger partial charge in [0.15, 0.2) is 15.8 Å². The van der Waals surface area contributed by atoms with Gasteiger partial charge >= 0.3 is 0 Å². The molecule has 144 valence electrons. The number of nitrogens with zero attached hydrogens (tertiary/aromatic N) is 1. The van der Waals surface area contributed by atoms with Gasteiger partial charge in [-0.2, -0.15) is 0 Å². The highest BCUT2D eigenvalue weighted by molar-refractivity contribution is 7.91. The van der Waals surface area contributed by atoms with Crippen molar-refractivity contribution in [2.24, 2.45) is 4.99 Å². The predicted molar refractivity (Wildman–Crippen MR) is 107 cm³/mol. The lowest BCUT2D eigenvalue weighted by Gasteiger charge is -2.39. The van der Waals surface area contributed by atoms with Crippen LogP contribution >= 0.6 is 0 Å². The maximum absolute atomic E-state index is 11.7. The molecule has 0 aromatic heterocycles. The van der Waals surface area contributed by atoms with E-state index >= 15 is 0 Å². The molecule has 2 N–H and O–H groups in total. The third-order valence-electron chi connectivity index (χ3n) is 5.92.